The summed E-state index contributed by atoms with van der Waals surface area (Å²) in [7, 11) is 4.07. The number of furan rings is 1. The monoisotopic (exact) mass is 773 g/mol. The third-order valence-corrected chi connectivity index (χ3v) is 7.59. The number of amides is 4. The highest BCUT2D eigenvalue weighted by Crippen LogP contribution is 2.38. The van der Waals surface area contributed by atoms with Gasteiger partial charge in [-0.05, 0) is 55.5 Å². The molecule has 1 N–H and O–H groups in total. The highest BCUT2D eigenvalue weighted by molar-refractivity contribution is 6.24. The maximum atomic E-state index is 16.4. The van der Waals surface area contributed by atoms with E-state index in [0.29, 0.717) is 0 Å². The van der Waals surface area contributed by atoms with Gasteiger partial charge in [-0.3, -0.25) is 14.9 Å². The largest absolute Gasteiger partial charge is 0.493 e. The molecule has 3 heterocycles. The summed E-state index contributed by atoms with van der Waals surface area (Å²) in [6.45, 7) is 0.925. The van der Waals surface area contributed by atoms with Gasteiger partial charge in [0.15, 0.2) is 11.5 Å². The van der Waals surface area contributed by atoms with Crippen LogP contribution < -0.4 is 29.0 Å². The number of nitriles is 1. The van der Waals surface area contributed by atoms with Crippen molar-refractivity contribution in [2.24, 2.45) is 5.16 Å². The second-order valence-corrected chi connectivity index (χ2v) is 11.0. The van der Waals surface area contributed by atoms with Crippen molar-refractivity contribution in [2.45, 2.75) is 18.8 Å². The van der Waals surface area contributed by atoms with Gasteiger partial charge < -0.3 is 37.7 Å². The summed E-state index contributed by atoms with van der Waals surface area (Å²) < 4.78 is 52.5. The quantitative estimate of drug-likeness (QED) is 0.0673. The standard InChI is InChI=1S/C36H28FN5O14/c1-5-52-34(47)36(37)32(56-39-18-23-10-7-13-53-23)41-35(48)42(33(36)46)29(43)19-8-6-9-20(14-19)30(44)55-28-21(17-38)11-12-26(40-28)54-31(45)22-15-24(49-2)27(51-4)25(16-22)50-3/h6-16,18,32H,5H2,1-4H3,(H,41,48). The predicted molar refractivity (Wildman–Crippen MR) is 183 cm³/mol. The summed E-state index contributed by atoms with van der Waals surface area (Å²) in [5.74, 6) is -7.73. The SMILES string of the molecule is CCOC(=O)C1(F)C(=O)N(C(=O)c2cccc(C(=O)Oc3nc(OC(=O)c4cc(OC)c(OC)c(OC)c4)ccc3C#N)c2)C(=O)NC1ON=Cc1ccco1. The summed E-state index contributed by atoms with van der Waals surface area (Å²) in [4.78, 5) is 87.7. The van der Waals surface area contributed by atoms with Crippen molar-refractivity contribution in [3.05, 3.63) is 94.9 Å². The molecule has 20 heteroatoms. The molecule has 0 radical (unpaired) electrons. The topological polar surface area (TPSA) is 244 Å². The Morgan fingerprint density at radius 1 is 0.964 bits per heavy atom. The van der Waals surface area contributed by atoms with Crippen LogP contribution in [0, 0.1) is 11.3 Å². The molecule has 2 aromatic heterocycles. The second kappa shape index (κ2) is 16.9. The highest BCUT2D eigenvalue weighted by atomic mass is 19.1. The zero-order valence-electron chi connectivity index (χ0n) is 29.6. The molecular weight excluding hydrogens is 745 g/mol. The van der Waals surface area contributed by atoms with E-state index in [1.165, 1.54) is 58.8 Å². The summed E-state index contributed by atoms with van der Waals surface area (Å²) in [6, 6.07) is 12.4. The molecule has 1 saturated heterocycles. The van der Waals surface area contributed by atoms with Crippen molar-refractivity contribution in [3.63, 3.8) is 0 Å². The third kappa shape index (κ3) is 7.91. The van der Waals surface area contributed by atoms with E-state index in [2.05, 4.69) is 10.1 Å². The first kappa shape index (κ1) is 39.4. The lowest BCUT2D eigenvalue weighted by molar-refractivity contribution is -0.183. The van der Waals surface area contributed by atoms with E-state index in [4.69, 9.17) is 37.7 Å². The second-order valence-electron chi connectivity index (χ2n) is 11.0. The smallest absolute Gasteiger partial charge is 0.360 e. The van der Waals surface area contributed by atoms with Crippen molar-refractivity contribution in [1.82, 2.24) is 15.2 Å². The minimum Gasteiger partial charge on any atom is -0.493 e. The number of nitrogens with one attached hydrogen (secondary N) is 1. The Labute approximate surface area is 315 Å². The maximum absolute atomic E-state index is 16.4. The van der Waals surface area contributed by atoms with E-state index in [0.717, 1.165) is 42.6 Å². The van der Waals surface area contributed by atoms with Gasteiger partial charge in [0.2, 0.25) is 17.5 Å². The molecule has 0 aliphatic carbocycles. The summed E-state index contributed by atoms with van der Waals surface area (Å²) >= 11 is 0. The average Bonchev–Trinajstić information content (AvgIpc) is 3.73. The lowest BCUT2D eigenvalue weighted by Gasteiger charge is -2.37. The Bertz CT molecular complexity index is 2250. The number of alkyl halides is 1. The van der Waals surface area contributed by atoms with Gasteiger partial charge in [0, 0.05) is 11.6 Å². The van der Waals surface area contributed by atoms with E-state index in [9.17, 15) is 34.0 Å². The number of esters is 3. The van der Waals surface area contributed by atoms with Crippen LogP contribution in [0.1, 0.15) is 49.3 Å². The molecular formula is C36H28FN5O14. The Balaban J connectivity index is 1.36. The van der Waals surface area contributed by atoms with Crippen LogP contribution in [0.4, 0.5) is 9.18 Å². The average molecular weight is 774 g/mol. The summed E-state index contributed by atoms with van der Waals surface area (Å²) in [6.07, 6.45) is -0.125. The molecule has 288 valence electrons. The number of rotatable bonds is 13. The summed E-state index contributed by atoms with van der Waals surface area (Å²) in [5.41, 5.74) is -5.02. The first-order valence-corrected chi connectivity index (χ1v) is 15.9. The van der Waals surface area contributed by atoms with Crippen molar-refractivity contribution < 1.29 is 70.8 Å². The third-order valence-electron chi connectivity index (χ3n) is 7.59. The van der Waals surface area contributed by atoms with Crippen LogP contribution in [0.5, 0.6) is 29.0 Å². The number of carbonyl (C=O) groups is 6. The van der Waals surface area contributed by atoms with E-state index in [1.807, 2.05) is 5.32 Å². The normalized spacial score (nSPS) is 16.3. The van der Waals surface area contributed by atoms with Crippen LogP contribution in [-0.4, -0.2) is 91.7 Å². The van der Waals surface area contributed by atoms with Crippen LogP contribution >= 0.6 is 0 Å². The molecule has 56 heavy (non-hydrogen) atoms. The number of halogens is 1. The number of aromatic nitrogens is 1. The van der Waals surface area contributed by atoms with Crippen molar-refractivity contribution >= 4 is 42.0 Å². The highest BCUT2D eigenvalue weighted by Gasteiger charge is 2.65. The van der Waals surface area contributed by atoms with E-state index < -0.39 is 71.6 Å². The van der Waals surface area contributed by atoms with Gasteiger partial charge in [0.05, 0.1) is 45.3 Å². The number of ether oxygens (including phenoxy) is 6. The lowest BCUT2D eigenvalue weighted by Crippen LogP contribution is -2.72. The number of urea groups is 1. The number of nitrogens with zero attached hydrogens (tertiary/aromatic N) is 4. The Hall–Kier alpha value is -7.82. The zero-order chi connectivity index (χ0) is 40.6. The molecule has 2 aromatic carbocycles. The number of oxime groups is 1. The fourth-order valence-corrected chi connectivity index (χ4v) is 4.92. The number of methoxy groups -OCH3 is 3. The molecule has 19 nitrogen and oxygen atoms in total. The van der Waals surface area contributed by atoms with Crippen LogP contribution in [0.25, 0.3) is 0 Å². The molecule has 2 unspecified atom stereocenters. The molecule has 4 aromatic rings. The molecule has 4 amide bonds. The molecule has 5 rings (SSSR count). The molecule has 2 atom stereocenters. The molecule has 1 fully saturated rings. The van der Waals surface area contributed by atoms with Crippen molar-refractivity contribution in [2.75, 3.05) is 27.9 Å². The Morgan fingerprint density at radius 3 is 2.29 bits per heavy atom. The van der Waals surface area contributed by atoms with Crippen LogP contribution in [-0.2, 0) is 19.2 Å². The number of hydrogen-bond acceptors (Lipinski definition) is 17. The van der Waals surface area contributed by atoms with Crippen LogP contribution in [0.3, 0.4) is 0 Å². The van der Waals surface area contributed by atoms with Gasteiger partial charge in [0.25, 0.3) is 18.0 Å². The van der Waals surface area contributed by atoms with Gasteiger partial charge in [-0.15, -0.1) is 0 Å². The van der Waals surface area contributed by atoms with Gasteiger partial charge in [-0.25, -0.2) is 23.6 Å². The first-order chi connectivity index (χ1) is 26.9. The Morgan fingerprint density at radius 2 is 1.66 bits per heavy atom. The van der Waals surface area contributed by atoms with Crippen molar-refractivity contribution in [1.29, 1.82) is 5.26 Å². The van der Waals surface area contributed by atoms with Gasteiger partial charge in [-0.1, -0.05) is 11.2 Å². The van der Waals surface area contributed by atoms with E-state index in [1.54, 1.807) is 6.07 Å². The molecule has 1 aliphatic rings. The number of imide groups is 3. The molecule has 0 spiro atoms. The minimum absolute atomic E-state index is 0.0413. The zero-order valence-corrected chi connectivity index (χ0v) is 29.6. The number of carbonyl (C=O) groups excluding carboxylic acids is 6. The maximum Gasteiger partial charge on any atom is 0.360 e. The van der Waals surface area contributed by atoms with E-state index in [-0.39, 0.29) is 44.6 Å². The fourth-order valence-electron chi connectivity index (χ4n) is 4.92. The molecule has 0 bridgehead atoms. The van der Waals surface area contributed by atoms with Gasteiger partial charge in [-0.2, -0.15) is 15.1 Å². The summed E-state index contributed by atoms with van der Waals surface area (Å²) in [5, 5.41) is 15.0. The number of hydrogen-bond donors (Lipinski definition) is 1. The van der Waals surface area contributed by atoms with Crippen LogP contribution in [0.15, 0.2) is 76.5 Å². The predicted octanol–water partition coefficient (Wildman–Crippen LogP) is 3.35. The van der Waals surface area contributed by atoms with E-state index >= 15 is 4.39 Å². The number of benzene rings is 2. The van der Waals surface area contributed by atoms with Crippen LogP contribution in [0.2, 0.25) is 0 Å². The molecule has 0 saturated carbocycles. The van der Waals surface area contributed by atoms with Gasteiger partial charge in [0.1, 0.15) is 23.6 Å². The van der Waals surface area contributed by atoms with Gasteiger partial charge >= 0.3 is 29.6 Å². The first-order valence-electron chi connectivity index (χ1n) is 15.9. The molecule has 1 aliphatic heterocycles. The Kier molecular flexibility index (Phi) is 11.9. The minimum atomic E-state index is -3.81. The number of pyridine rings is 1. The fraction of sp³-hybridized carbons (Fsp3) is 0.194. The van der Waals surface area contributed by atoms with Crippen molar-refractivity contribution in [3.8, 4) is 35.1 Å². The lowest BCUT2D eigenvalue weighted by atomic mass is 9.99.